The molecule has 0 fully saturated rings. The summed E-state index contributed by atoms with van der Waals surface area (Å²) < 4.78 is 22.8. The molecule has 108 valence electrons. The fourth-order valence-corrected chi connectivity index (χ4v) is 2.63. The highest BCUT2D eigenvalue weighted by Crippen LogP contribution is 2.21. The van der Waals surface area contributed by atoms with Crippen LogP contribution in [0.3, 0.4) is 0 Å². The van der Waals surface area contributed by atoms with Crippen molar-refractivity contribution in [2.24, 2.45) is 5.73 Å². The lowest BCUT2D eigenvalue weighted by molar-refractivity contribution is 0.602. The number of nitrogens with one attached hydrogen (secondary N) is 1. The van der Waals surface area contributed by atoms with E-state index in [4.69, 9.17) is 5.73 Å². The van der Waals surface area contributed by atoms with Crippen molar-refractivity contribution in [1.29, 1.82) is 0 Å². The highest BCUT2D eigenvalue weighted by atomic mass is 32.2. The highest BCUT2D eigenvalue weighted by Gasteiger charge is 2.11. The largest absolute Gasteiger partial charge is 0.341 e. The second kappa shape index (κ2) is 5.76. The average molecular weight is 293 g/mol. The van der Waals surface area contributed by atoms with Crippen LogP contribution in [0.2, 0.25) is 0 Å². The minimum absolute atomic E-state index is 0.0935. The zero-order chi connectivity index (χ0) is 14.8. The molecule has 5 nitrogen and oxygen atoms in total. The van der Waals surface area contributed by atoms with Gasteiger partial charge in [0.15, 0.2) is 9.84 Å². The number of nitrogens with two attached hydrogens (primary N) is 1. The molecule has 1 atom stereocenters. The van der Waals surface area contributed by atoms with Crippen LogP contribution in [0.15, 0.2) is 35.4 Å². The molecule has 0 saturated heterocycles. The first-order chi connectivity index (χ1) is 9.41. The average Bonchev–Trinajstić information content (AvgIpc) is 2.88. The fraction of sp³-hybridized carbons (Fsp3) is 0.357. The van der Waals surface area contributed by atoms with Gasteiger partial charge in [0.1, 0.15) is 5.82 Å². The number of imidazole rings is 1. The smallest absolute Gasteiger partial charge is 0.175 e. The fourth-order valence-electron chi connectivity index (χ4n) is 2.00. The Bertz CT molecular complexity index is 675. The minimum atomic E-state index is -3.16. The number of hydrogen-bond acceptors (Lipinski definition) is 4. The number of benzene rings is 1. The predicted octanol–water partition coefficient (Wildman–Crippen LogP) is 2.28. The Morgan fingerprint density at radius 3 is 2.50 bits per heavy atom. The van der Waals surface area contributed by atoms with Crippen LogP contribution in [-0.2, 0) is 9.84 Å². The van der Waals surface area contributed by atoms with Crippen molar-refractivity contribution in [3.05, 3.63) is 36.3 Å². The van der Waals surface area contributed by atoms with Gasteiger partial charge in [-0.05, 0) is 24.1 Å². The van der Waals surface area contributed by atoms with Gasteiger partial charge in [-0.25, -0.2) is 13.4 Å². The first-order valence-corrected chi connectivity index (χ1v) is 8.42. The Balaban J connectivity index is 2.24. The number of aromatic nitrogens is 2. The van der Waals surface area contributed by atoms with Crippen molar-refractivity contribution in [1.82, 2.24) is 9.97 Å². The van der Waals surface area contributed by atoms with Crippen LogP contribution in [-0.4, -0.2) is 24.6 Å². The number of rotatable bonds is 5. The van der Waals surface area contributed by atoms with Crippen LogP contribution in [0, 0.1) is 0 Å². The molecule has 0 aliphatic rings. The van der Waals surface area contributed by atoms with E-state index in [0.717, 1.165) is 29.9 Å². The summed E-state index contributed by atoms with van der Waals surface area (Å²) in [6.07, 6.45) is 4.79. The molecule has 20 heavy (non-hydrogen) atoms. The van der Waals surface area contributed by atoms with Gasteiger partial charge in [-0.2, -0.15) is 0 Å². The normalized spacial score (nSPS) is 13.3. The lowest BCUT2D eigenvalue weighted by Gasteiger charge is -2.06. The van der Waals surface area contributed by atoms with E-state index in [1.807, 2.05) is 0 Å². The molecule has 0 bridgehead atoms. The molecule has 3 N–H and O–H groups in total. The highest BCUT2D eigenvalue weighted by molar-refractivity contribution is 7.90. The summed E-state index contributed by atoms with van der Waals surface area (Å²) in [6.45, 7) is 2.08. The molecule has 1 unspecified atom stereocenters. The molecule has 1 aromatic heterocycles. The van der Waals surface area contributed by atoms with Gasteiger partial charge in [0, 0.05) is 6.26 Å². The molecule has 2 aromatic rings. The Hall–Kier alpha value is -1.66. The van der Waals surface area contributed by atoms with Gasteiger partial charge in [0.05, 0.1) is 22.8 Å². The third kappa shape index (κ3) is 3.26. The van der Waals surface area contributed by atoms with Crippen molar-refractivity contribution in [2.75, 3.05) is 6.26 Å². The van der Waals surface area contributed by atoms with Crippen molar-refractivity contribution in [3.8, 4) is 11.3 Å². The number of aromatic amines is 1. The number of nitrogens with zero attached hydrogens (tertiary/aromatic N) is 1. The summed E-state index contributed by atoms with van der Waals surface area (Å²) in [6, 6.07) is 6.62. The van der Waals surface area contributed by atoms with Crippen LogP contribution in [0.4, 0.5) is 0 Å². The van der Waals surface area contributed by atoms with E-state index in [1.54, 1.807) is 30.5 Å². The van der Waals surface area contributed by atoms with E-state index < -0.39 is 9.84 Å². The van der Waals surface area contributed by atoms with Crippen molar-refractivity contribution >= 4 is 9.84 Å². The molecule has 0 aliphatic heterocycles. The van der Waals surface area contributed by atoms with E-state index in [2.05, 4.69) is 16.9 Å². The molecule has 0 saturated carbocycles. The van der Waals surface area contributed by atoms with Gasteiger partial charge in [-0.3, -0.25) is 0 Å². The SMILES string of the molecule is CCCC(N)c1ncc(-c2ccc(S(C)(=O)=O)cc2)[nH]1. The lowest BCUT2D eigenvalue weighted by Crippen LogP contribution is -2.11. The molecule has 6 heteroatoms. The molecular weight excluding hydrogens is 274 g/mol. The Kier molecular flexibility index (Phi) is 4.25. The summed E-state index contributed by atoms with van der Waals surface area (Å²) in [5.41, 5.74) is 7.73. The van der Waals surface area contributed by atoms with Gasteiger partial charge in [-0.1, -0.05) is 25.5 Å². The number of hydrogen-bond donors (Lipinski definition) is 2. The molecule has 2 rings (SSSR count). The van der Waals surface area contributed by atoms with Crippen LogP contribution < -0.4 is 5.73 Å². The third-order valence-corrected chi connectivity index (χ3v) is 4.27. The second-order valence-electron chi connectivity index (χ2n) is 4.87. The zero-order valence-electron chi connectivity index (χ0n) is 11.6. The lowest BCUT2D eigenvalue weighted by atomic mass is 10.1. The maximum Gasteiger partial charge on any atom is 0.175 e. The summed E-state index contributed by atoms with van der Waals surface area (Å²) in [5.74, 6) is 0.758. The van der Waals surface area contributed by atoms with Gasteiger partial charge in [0.2, 0.25) is 0 Å². The summed E-state index contributed by atoms with van der Waals surface area (Å²) in [4.78, 5) is 7.78. The summed E-state index contributed by atoms with van der Waals surface area (Å²) >= 11 is 0. The monoisotopic (exact) mass is 293 g/mol. The van der Waals surface area contributed by atoms with Crippen molar-refractivity contribution < 1.29 is 8.42 Å². The van der Waals surface area contributed by atoms with Gasteiger partial charge in [-0.15, -0.1) is 0 Å². The Morgan fingerprint density at radius 2 is 1.95 bits per heavy atom. The van der Waals surface area contributed by atoms with Crippen LogP contribution in [0.25, 0.3) is 11.3 Å². The molecule has 1 aromatic carbocycles. The third-order valence-electron chi connectivity index (χ3n) is 3.14. The second-order valence-corrected chi connectivity index (χ2v) is 6.89. The topological polar surface area (TPSA) is 88.8 Å². The van der Waals surface area contributed by atoms with E-state index in [9.17, 15) is 8.42 Å². The number of H-pyrrole nitrogens is 1. The van der Waals surface area contributed by atoms with Crippen molar-refractivity contribution in [2.45, 2.75) is 30.7 Å². The van der Waals surface area contributed by atoms with E-state index in [1.165, 1.54) is 6.26 Å². The standard InChI is InChI=1S/C14H19N3O2S/c1-3-4-12(15)14-16-9-13(17-14)10-5-7-11(8-6-10)20(2,18)19/h5-9,12H,3-4,15H2,1-2H3,(H,16,17). The minimum Gasteiger partial charge on any atom is -0.341 e. The van der Waals surface area contributed by atoms with Crippen LogP contribution >= 0.6 is 0 Å². The van der Waals surface area contributed by atoms with E-state index >= 15 is 0 Å². The Morgan fingerprint density at radius 1 is 1.30 bits per heavy atom. The van der Waals surface area contributed by atoms with Gasteiger partial charge >= 0.3 is 0 Å². The molecule has 0 spiro atoms. The maximum atomic E-state index is 11.4. The van der Waals surface area contributed by atoms with Gasteiger partial charge in [0.25, 0.3) is 0 Å². The molecule has 0 aliphatic carbocycles. The van der Waals surface area contributed by atoms with E-state index in [0.29, 0.717) is 4.90 Å². The van der Waals surface area contributed by atoms with Gasteiger partial charge < -0.3 is 10.7 Å². The first kappa shape index (κ1) is 14.7. The summed E-state index contributed by atoms with van der Waals surface area (Å²) in [5, 5.41) is 0. The molecule has 0 amide bonds. The predicted molar refractivity (Wildman–Crippen MR) is 79.0 cm³/mol. The molecule has 0 radical (unpaired) electrons. The first-order valence-electron chi connectivity index (χ1n) is 6.52. The maximum absolute atomic E-state index is 11.4. The van der Waals surface area contributed by atoms with Crippen molar-refractivity contribution in [3.63, 3.8) is 0 Å². The van der Waals surface area contributed by atoms with Crippen LogP contribution in [0.5, 0.6) is 0 Å². The zero-order valence-corrected chi connectivity index (χ0v) is 12.4. The van der Waals surface area contributed by atoms with Crippen LogP contribution in [0.1, 0.15) is 31.6 Å². The Labute approximate surface area is 119 Å². The number of sulfone groups is 1. The molecular formula is C14H19N3O2S. The molecule has 1 heterocycles. The van der Waals surface area contributed by atoms with E-state index in [-0.39, 0.29) is 6.04 Å². The summed E-state index contributed by atoms with van der Waals surface area (Å²) in [7, 11) is -3.16. The quantitative estimate of drug-likeness (QED) is 0.885.